The predicted molar refractivity (Wildman–Crippen MR) is 119 cm³/mol. The molecule has 0 spiro atoms. The molecule has 0 bridgehead atoms. The van der Waals surface area contributed by atoms with Crippen molar-refractivity contribution in [2.45, 2.75) is 26.8 Å². The summed E-state index contributed by atoms with van der Waals surface area (Å²) < 4.78 is 30.5. The maximum absolute atomic E-state index is 15.0. The molecule has 10 heteroatoms. The van der Waals surface area contributed by atoms with Crippen LogP contribution in [0.4, 0.5) is 30.8 Å². The van der Waals surface area contributed by atoms with Gasteiger partial charge in [0.1, 0.15) is 29.5 Å². The van der Waals surface area contributed by atoms with Crippen LogP contribution in [0, 0.1) is 18.6 Å². The number of fused-ring (bicyclic) bond motifs is 1. The molecule has 4 rings (SSSR count). The number of nitrogen functional groups attached to an aromatic ring is 1. The predicted octanol–water partition coefficient (Wildman–Crippen LogP) is 4.89. The second kappa shape index (κ2) is 8.22. The highest BCUT2D eigenvalue weighted by atomic mass is 19.1. The molecule has 0 radical (unpaired) electrons. The van der Waals surface area contributed by atoms with Gasteiger partial charge in [0, 0.05) is 17.3 Å². The van der Waals surface area contributed by atoms with Crippen LogP contribution in [-0.2, 0) is 0 Å². The minimum Gasteiger partial charge on any atom is -0.383 e. The number of halogens is 2. The van der Waals surface area contributed by atoms with Gasteiger partial charge < -0.3 is 16.4 Å². The average molecular weight is 437 g/mol. The van der Waals surface area contributed by atoms with E-state index < -0.39 is 17.7 Å². The van der Waals surface area contributed by atoms with Gasteiger partial charge in [-0.15, -0.1) is 0 Å². The summed E-state index contributed by atoms with van der Waals surface area (Å²) in [7, 11) is 0. The van der Waals surface area contributed by atoms with Gasteiger partial charge >= 0.3 is 6.03 Å². The van der Waals surface area contributed by atoms with Crippen LogP contribution in [0.2, 0.25) is 0 Å². The number of nitrogens with zero attached hydrogens (tertiary/aromatic N) is 4. The summed E-state index contributed by atoms with van der Waals surface area (Å²) in [5.74, 6) is -0.999. The molecule has 0 aliphatic carbocycles. The van der Waals surface area contributed by atoms with Gasteiger partial charge in [0.2, 0.25) is 0 Å². The van der Waals surface area contributed by atoms with Crippen LogP contribution in [0.1, 0.15) is 25.5 Å². The van der Waals surface area contributed by atoms with Crippen molar-refractivity contribution in [2.24, 2.45) is 0 Å². The topological polar surface area (TPSA) is 111 Å². The molecule has 4 N–H and O–H groups in total. The van der Waals surface area contributed by atoms with E-state index in [2.05, 4.69) is 25.7 Å². The summed E-state index contributed by atoms with van der Waals surface area (Å²) in [4.78, 5) is 20.5. The summed E-state index contributed by atoms with van der Waals surface area (Å²) in [6, 6.07) is 7.78. The van der Waals surface area contributed by atoms with Gasteiger partial charge in [-0.05, 0) is 56.7 Å². The zero-order valence-electron chi connectivity index (χ0n) is 17.6. The fourth-order valence-electron chi connectivity index (χ4n) is 3.35. The number of carbonyl (C=O) groups is 1. The molecule has 2 aromatic heterocycles. The molecular formula is C22H21F2N7O. The summed E-state index contributed by atoms with van der Waals surface area (Å²) >= 11 is 0. The molecule has 0 aliphatic rings. The van der Waals surface area contributed by atoms with E-state index in [1.54, 1.807) is 17.7 Å². The molecule has 2 heterocycles. The van der Waals surface area contributed by atoms with E-state index in [9.17, 15) is 9.18 Å². The van der Waals surface area contributed by atoms with E-state index in [4.69, 9.17) is 5.73 Å². The van der Waals surface area contributed by atoms with Crippen molar-refractivity contribution in [2.75, 3.05) is 16.4 Å². The van der Waals surface area contributed by atoms with Crippen LogP contribution in [-0.4, -0.2) is 25.8 Å². The zero-order valence-corrected chi connectivity index (χ0v) is 17.6. The quantitative estimate of drug-likeness (QED) is 0.421. The molecule has 32 heavy (non-hydrogen) atoms. The maximum atomic E-state index is 15.0. The highest BCUT2D eigenvalue weighted by Gasteiger charge is 2.21. The number of aryl methyl sites for hydroxylation is 1. The van der Waals surface area contributed by atoms with Crippen LogP contribution in [0.5, 0.6) is 0 Å². The number of amides is 2. The third-order valence-electron chi connectivity index (χ3n) is 4.86. The van der Waals surface area contributed by atoms with Gasteiger partial charge in [-0.3, -0.25) is 0 Å². The molecule has 8 nitrogen and oxygen atoms in total. The van der Waals surface area contributed by atoms with Crippen LogP contribution < -0.4 is 16.4 Å². The first-order valence-corrected chi connectivity index (χ1v) is 9.87. The van der Waals surface area contributed by atoms with Crippen molar-refractivity contribution in [3.8, 4) is 11.3 Å². The molecule has 2 aromatic carbocycles. The van der Waals surface area contributed by atoms with Gasteiger partial charge in [0.05, 0.1) is 11.1 Å². The Morgan fingerprint density at radius 3 is 2.56 bits per heavy atom. The first-order chi connectivity index (χ1) is 15.2. The lowest BCUT2D eigenvalue weighted by atomic mass is 10.1. The van der Waals surface area contributed by atoms with Crippen LogP contribution in [0.3, 0.4) is 0 Å². The molecule has 164 valence electrons. The summed E-state index contributed by atoms with van der Waals surface area (Å²) in [6.07, 6.45) is 1.33. The monoisotopic (exact) mass is 437 g/mol. The molecule has 2 amide bonds. The lowest BCUT2D eigenvalue weighted by molar-refractivity contribution is 0.262. The fourth-order valence-corrected chi connectivity index (χ4v) is 3.35. The SMILES string of the molecule is Cc1ccc(F)c(NC(=O)Nc2ccc(-c3nn(C(C)C)c4ncnc(N)c34)c(F)c2)c1. The number of anilines is 3. The van der Waals surface area contributed by atoms with Crippen molar-refractivity contribution < 1.29 is 13.6 Å². The van der Waals surface area contributed by atoms with Crippen molar-refractivity contribution >= 4 is 34.3 Å². The van der Waals surface area contributed by atoms with Crippen molar-refractivity contribution in [3.63, 3.8) is 0 Å². The van der Waals surface area contributed by atoms with Gasteiger partial charge in [0.25, 0.3) is 0 Å². The highest BCUT2D eigenvalue weighted by Crippen LogP contribution is 2.33. The Bertz CT molecular complexity index is 1330. The third-order valence-corrected chi connectivity index (χ3v) is 4.86. The second-order valence-electron chi connectivity index (χ2n) is 7.60. The Labute approximate surface area is 182 Å². The number of carbonyl (C=O) groups excluding carboxylic acids is 1. The summed E-state index contributed by atoms with van der Waals surface area (Å²) in [5, 5.41) is 9.86. The van der Waals surface area contributed by atoms with E-state index in [0.717, 1.165) is 11.6 Å². The molecule has 0 unspecified atom stereocenters. The Morgan fingerprint density at radius 2 is 1.84 bits per heavy atom. The third kappa shape index (κ3) is 3.94. The van der Waals surface area contributed by atoms with Crippen molar-refractivity contribution in [3.05, 3.63) is 59.9 Å². The second-order valence-corrected chi connectivity index (χ2v) is 7.60. The van der Waals surface area contributed by atoms with Gasteiger partial charge in [-0.2, -0.15) is 5.10 Å². The van der Waals surface area contributed by atoms with Crippen LogP contribution in [0.25, 0.3) is 22.3 Å². The Hall–Kier alpha value is -4.08. The standard InChI is InChI=1S/C22H21F2N7O/c1-11(2)31-21-18(20(25)26-10-27-21)19(30-31)14-6-5-13(9-16(14)24)28-22(32)29-17-8-12(3)4-7-15(17)23/h4-11H,1-3H3,(H2,25,26,27)(H2,28,29,32). The Balaban J connectivity index is 1.63. The minimum absolute atomic E-state index is 0.0285. The average Bonchev–Trinajstić information content (AvgIpc) is 3.12. The molecular weight excluding hydrogens is 416 g/mol. The number of hydrogen-bond donors (Lipinski definition) is 3. The number of nitrogens with two attached hydrogens (primary N) is 1. The molecule has 0 saturated carbocycles. The zero-order chi connectivity index (χ0) is 23.0. The number of hydrogen-bond acceptors (Lipinski definition) is 5. The molecule has 4 aromatic rings. The van der Waals surface area contributed by atoms with Crippen LogP contribution in [0.15, 0.2) is 42.7 Å². The number of benzene rings is 2. The summed E-state index contributed by atoms with van der Waals surface area (Å²) in [6.45, 7) is 5.62. The fraction of sp³-hybridized carbons (Fsp3) is 0.182. The first-order valence-electron chi connectivity index (χ1n) is 9.87. The number of urea groups is 1. The maximum Gasteiger partial charge on any atom is 0.323 e. The Kier molecular flexibility index (Phi) is 5.43. The first kappa shape index (κ1) is 21.2. The van der Waals surface area contributed by atoms with E-state index in [0.29, 0.717) is 16.7 Å². The van der Waals surface area contributed by atoms with E-state index in [1.807, 2.05) is 13.8 Å². The molecule has 0 fully saturated rings. The van der Waals surface area contributed by atoms with E-state index >= 15 is 4.39 Å². The van der Waals surface area contributed by atoms with Gasteiger partial charge in [-0.1, -0.05) is 6.07 Å². The van der Waals surface area contributed by atoms with Crippen molar-refractivity contribution in [1.29, 1.82) is 0 Å². The molecule has 0 aliphatic heterocycles. The van der Waals surface area contributed by atoms with Crippen molar-refractivity contribution in [1.82, 2.24) is 19.7 Å². The lowest BCUT2D eigenvalue weighted by Gasteiger charge is -2.10. The normalized spacial score (nSPS) is 11.2. The number of rotatable bonds is 4. The number of aromatic nitrogens is 4. The smallest absolute Gasteiger partial charge is 0.323 e. The lowest BCUT2D eigenvalue weighted by Crippen LogP contribution is -2.20. The van der Waals surface area contributed by atoms with E-state index in [1.165, 1.54) is 30.6 Å². The largest absolute Gasteiger partial charge is 0.383 e. The van der Waals surface area contributed by atoms with E-state index in [-0.39, 0.29) is 28.8 Å². The Morgan fingerprint density at radius 1 is 1.06 bits per heavy atom. The summed E-state index contributed by atoms with van der Waals surface area (Å²) in [5.41, 5.74) is 8.03. The van der Waals surface area contributed by atoms with Gasteiger partial charge in [0.15, 0.2) is 5.65 Å². The molecule has 0 atom stereocenters. The number of nitrogens with one attached hydrogen (secondary N) is 2. The van der Waals surface area contributed by atoms with Gasteiger partial charge in [-0.25, -0.2) is 28.2 Å². The van der Waals surface area contributed by atoms with Crippen LogP contribution >= 0.6 is 0 Å². The minimum atomic E-state index is -0.700. The molecule has 0 saturated heterocycles. The highest BCUT2D eigenvalue weighted by molar-refractivity contribution is 6.01.